The predicted octanol–water partition coefficient (Wildman–Crippen LogP) is 4.14. The van der Waals surface area contributed by atoms with E-state index in [4.69, 9.17) is 4.74 Å². The van der Waals surface area contributed by atoms with Crippen molar-refractivity contribution in [2.24, 2.45) is 5.41 Å². The smallest absolute Gasteiger partial charge is 0.0831 e. The third-order valence-corrected chi connectivity index (χ3v) is 4.87. The molecule has 0 saturated heterocycles. The zero-order valence-corrected chi connectivity index (χ0v) is 14.1. The molecule has 20 heavy (non-hydrogen) atoms. The quantitative estimate of drug-likeness (QED) is 0.707. The molecular weight excluding hydrogens is 246 g/mol. The van der Waals surface area contributed by atoms with Crippen molar-refractivity contribution in [1.29, 1.82) is 0 Å². The van der Waals surface area contributed by atoms with E-state index < -0.39 is 0 Å². The Morgan fingerprint density at radius 1 is 1.20 bits per heavy atom. The van der Waals surface area contributed by atoms with Gasteiger partial charge in [-0.1, -0.05) is 20.8 Å². The van der Waals surface area contributed by atoms with Crippen LogP contribution >= 0.6 is 0 Å². The maximum absolute atomic E-state index is 6.05. The van der Waals surface area contributed by atoms with Crippen LogP contribution in [0.25, 0.3) is 0 Å². The summed E-state index contributed by atoms with van der Waals surface area (Å²) in [6.45, 7) is 9.97. The number of rotatable bonds is 7. The molecule has 0 aliphatic heterocycles. The second-order valence-electron chi connectivity index (χ2n) is 6.91. The number of nitrogens with one attached hydrogen (secondary N) is 1. The van der Waals surface area contributed by atoms with Gasteiger partial charge in [-0.3, -0.25) is 0 Å². The molecule has 1 aliphatic carbocycles. The molecule has 1 saturated carbocycles. The average Bonchev–Trinajstić information content (AvgIpc) is 2.44. The molecular formula is C18H33NO. The van der Waals surface area contributed by atoms with Crippen LogP contribution in [0, 0.1) is 17.3 Å². The molecule has 1 rings (SSSR count). The standard InChI is InChI=1S/C18H33NO/c1-6-8-9-10-16(19-15-7-2)18(20-5)13-11-17(3,4)12-14-18/h16,19H,7,9-15H2,1-5H3. The van der Waals surface area contributed by atoms with Crippen molar-refractivity contribution >= 4 is 0 Å². The van der Waals surface area contributed by atoms with E-state index in [1.54, 1.807) is 0 Å². The van der Waals surface area contributed by atoms with Crippen molar-refractivity contribution in [2.75, 3.05) is 13.7 Å². The van der Waals surface area contributed by atoms with E-state index in [1.165, 1.54) is 19.3 Å². The van der Waals surface area contributed by atoms with Gasteiger partial charge in [0.15, 0.2) is 0 Å². The number of ether oxygens (including phenoxy) is 1. The van der Waals surface area contributed by atoms with Gasteiger partial charge in [-0.15, -0.1) is 11.8 Å². The molecule has 0 spiro atoms. The van der Waals surface area contributed by atoms with Gasteiger partial charge in [-0.05, 0) is 57.4 Å². The van der Waals surface area contributed by atoms with Crippen LogP contribution in [0.15, 0.2) is 0 Å². The first-order chi connectivity index (χ1) is 9.49. The van der Waals surface area contributed by atoms with Gasteiger partial charge in [0.05, 0.1) is 5.60 Å². The lowest BCUT2D eigenvalue weighted by molar-refractivity contribution is -0.0875. The molecule has 2 heteroatoms. The van der Waals surface area contributed by atoms with Crippen LogP contribution in [0.2, 0.25) is 0 Å². The van der Waals surface area contributed by atoms with Gasteiger partial charge >= 0.3 is 0 Å². The fourth-order valence-corrected chi connectivity index (χ4v) is 3.26. The second kappa shape index (κ2) is 8.05. The average molecular weight is 279 g/mol. The van der Waals surface area contributed by atoms with Crippen LogP contribution in [0.1, 0.15) is 72.6 Å². The van der Waals surface area contributed by atoms with Crippen molar-refractivity contribution in [3.05, 3.63) is 0 Å². The highest BCUT2D eigenvalue weighted by atomic mass is 16.5. The van der Waals surface area contributed by atoms with Crippen molar-refractivity contribution < 1.29 is 4.74 Å². The van der Waals surface area contributed by atoms with E-state index in [9.17, 15) is 0 Å². The van der Waals surface area contributed by atoms with Gasteiger partial charge in [-0.2, -0.15) is 0 Å². The van der Waals surface area contributed by atoms with Gasteiger partial charge in [0.25, 0.3) is 0 Å². The van der Waals surface area contributed by atoms with Gasteiger partial charge in [0.1, 0.15) is 0 Å². The molecule has 0 aromatic heterocycles. The monoisotopic (exact) mass is 279 g/mol. The van der Waals surface area contributed by atoms with Gasteiger partial charge < -0.3 is 10.1 Å². The Balaban J connectivity index is 2.74. The van der Waals surface area contributed by atoms with Crippen LogP contribution in [0.4, 0.5) is 0 Å². The lowest BCUT2D eigenvalue weighted by atomic mass is 9.67. The van der Waals surface area contributed by atoms with Crippen molar-refractivity contribution in [3.63, 3.8) is 0 Å². The van der Waals surface area contributed by atoms with Gasteiger partial charge in [0, 0.05) is 19.6 Å². The van der Waals surface area contributed by atoms with Crippen LogP contribution in [-0.4, -0.2) is 25.3 Å². The fourth-order valence-electron chi connectivity index (χ4n) is 3.26. The van der Waals surface area contributed by atoms with Gasteiger partial charge in [-0.25, -0.2) is 0 Å². The zero-order chi connectivity index (χ0) is 15.1. The summed E-state index contributed by atoms with van der Waals surface area (Å²) in [5.41, 5.74) is 0.487. The van der Waals surface area contributed by atoms with Crippen molar-refractivity contribution in [3.8, 4) is 11.8 Å². The third-order valence-electron chi connectivity index (χ3n) is 4.87. The van der Waals surface area contributed by atoms with Crippen molar-refractivity contribution in [1.82, 2.24) is 5.32 Å². The Morgan fingerprint density at radius 2 is 1.85 bits per heavy atom. The van der Waals surface area contributed by atoms with Gasteiger partial charge in [0.2, 0.25) is 0 Å². The summed E-state index contributed by atoms with van der Waals surface area (Å²) in [7, 11) is 1.89. The largest absolute Gasteiger partial charge is 0.377 e. The number of hydrogen-bond donors (Lipinski definition) is 1. The van der Waals surface area contributed by atoms with E-state index in [1.807, 2.05) is 14.0 Å². The summed E-state index contributed by atoms with van der Waals surface area (Å²) in [6, 6.07) is 0.435. The molecule has 116 valence electrons. The SMILES string of the molecule is CC#CCCC(NCCC)C1(OC)CCC(C)(C)CC1. The minimum atomic E-state index is 0.0140. The molecule has 1 atom stereocenters. The summed E-state index contributed by atoms with van der Waals surface area (Å²) >= 11 is 0. The Hall–Kier alpha value is -0.520. The fraction of sp³-hybridized carbons (Fsp3) is 0.889. The van der Waals surface area contributed by atoms with Crippen LogP contribution < -0.4 is 5.32 Å². The maximum atomic E-state index is 6.05. The molecule has 2 nitrogen and oxygen atoms in total. The first kappa shape index (κ1) is 17.5. The highest BCUT2D eigenvalue weighted by Crippen LogP contribution is 2.44. The van der Waals surface area contributed by atoms with Crippen LogP contribution in [-0.2, 0) is 4.74 Å². The topological polar surface area (TPSA) is 21.3 Å². The molecule has 0 aromatic carbocycles. The molecule has 1 N–H and O–H groups in total. The number of hydrogen-bond acceptors (Lipinski definition) is 2. The van der Waals surface area contributed by atoms with E-state index in [-0.39, 0.29) is 5.60 Å². The zero-order valence-electron chi connectivity index (χ0n) is 14.1. The normalized spacial score (nSPS) is 21.9. The summed E-state index contributed by atoms with van der Waals surface area (Å²) in [5, 5.41) is 3.72. The van der Waals surface area contributed by atoms with E-state index >= 15 is 0 Å². The Bertz CT molecular complexity index is 327. The molecule has 0 heterocycles. The second-order valence-corrected chi connectivity index (χ2v) is 6.91. The molecule has 1 aliphatic rings. The summed E-state index contributed by atoms with van der Waals surface area (Å²) in [5.74, 6) is 6.21. The van der Waals surface area contributed by atoms with E-state index in [2.05, 4.69) is 37.9 Å². The number of methoxy groups -OCH3 is 1. The Morgan fingerprint density at radius 3 is 2.35 bits per heavy atom. The minimum absolute atomic E-state index is 0.0140. The maximum Gasteiger partial charge on any atom is 0.0831 e. The summed E-state index contributed by atoms with van der Waals surface area (Å²) < 4.78 is 6.05. The first-order valence-electron chi connectivity index (χ1n) is 8.18. The molecule has 0 amide bonds. The van der Waals surface area contributed by atoms with Crippen LogP contribution in [0.5, 0.6) is 0 Å². The Labute approximate surface area is 126 Å². The highest BCUT2D eigenvalue weighted by Gasteiger charge is 2.43. The molecule has 0 radical (unpaired) electrons. The molecule has 0 aromatic rings. The van der Waals surface area contributed by atoms with E-state index in [0.717, 1.165) is 32.2 Å². The third kappa shape index (κ3) is 4.79. The molecule has 0 bridgehead atoms. The molecule has 1 fully saturated rings. The summed E-state index contributed by atoms with van der Waals surface area (Å²) in [4.78, 5) is 0. The summed E-state index contributed by atoms with van der Waals surface area (Å²) in [6.07, 6.45) is 8.06. The lowest BCUT2D eigenvalue weighted by Crippen LogP contribution is -2.54. The van der Waals surface area contributed by atoms with Crippen LogP contribution in [0.3, 0.4) is 0 Å². The first-order valence-corrected chi connectivity index (χ1v) is 8.18. The van der Waals surface area contributed by atoms with Crippen molar-refractivity contribution in [2.45, 2.75) is 84.3 Å². The predicted molar refractivity (Wildman–Crippen MR) is 86.8 cm³/mol. The van der Waals surface area contributed by atoms with E-state index in [0.29, 0.717) is 11.5 Å². The lowest BCUT2D eigenvalue weighted by Gasteiger charge is -2.47. The highest BCUT2D eigenvalue weighted by molar-refractivity contribution is 5.02. The Kier molecular flexibility index (Phi) is 7.06. The minimum Gasteiger partial charge on any atom is -0.377 e. The molecule has 1 unspecified atom stereocenters.